The van der Waals surface area contributed by atoms with Crippen LogP contribution in [-0.4, -0.2) is 73.7 Å². The zero-order chi connectivity index (χ0) is 25.0. The topological polar surface area (TPSA) is 152 Å². The Morgan fingerprint density at radius 1 is 1.24 bits per heavy atom. The van der Waals surface area contributed by atoms with Crippen LogP contribution in [0.2, 0.25) is 0 Å². The third-order valence-electron chi connectivity index (χ3n) is 4.78. The van der Waals surface area contributed by atoms with Crippen LogP contribution in [0.3, 0.4) is 0 Å². The van der Waals surface area contributed by atoms with Crippen molar-refractivity contribution in [1.82, 2.24) is 21.1 Å². The summed E-state index contributed by atoms with van der Waals surface area (Å²) in [5.41, 5.74) is -0.446. The van der Waals surface area contributed by atoms with Crippen LogP contribution in [-0.2, 0) is 23.9 Å². The molecule has 0 aromatic carbocycles. The number of hydrogen-bond donors (Lipinski definition) is 3. The Bertz CT molecular complexity index is 789. The number of methoxy groups -OCH3 is 1. The molecule has 0 radical (unpaired) electrons. The number of carbonyl (C=O) groups excluding carboxylic acids is 4. The van der Waals surface area contributed by atoms with Crippen molar-refractivity contribution < 1.29 is 33.2 Å². The molecule has 1 saturated heterocycles. The van der Waals surface area contributed by atoms with Crippen LogP contribution in [0.4, 0.5) is 0 Å². The van der Waals surface area contributed by atoms with Crippen LogP contribution in [0.15, 0.2) is 10.6 Å². The van der Waals surface area contributed by atoms with Crippen LogP contribution in [0.25, 0.3) is 0 Å². The minimum absolute atomic E-state index is 0.0375. The molecule has 186 valence electrons. The molecule has 1 aromatic heterocycles. The van der Waals surface area contributed by atoms with Crippen molar-refractivity contribution in [2.45, 2.75) is 65.1 Å². The van der Waals surface area contributed by atoms with Crippen LogP contribution < -0.4 is 16.0 Å². The fourth-order valence-corrected chi connectivity index (χ4v) is 2.83. The quantitative estimate of drug-likeness (QED) is 0.283. The van der Waals surface area contributed by atoms with E-state index < -0.39 is 11.6 Å². The molecule has 0 aliphatic carbocycles. The summed E-state index contributed by atoms with van der Waals surface area (Å²) < 4.78 is 14.8. The average molecular weight is 469 g/mol. The third-order valence-corrected chi connectivity index (χ3v) is 4.78. The summed E-state index contributed by atoms with van der Waals surface area (Å²) in [6, 6.07) is 1.01. The van der Waals surface area contributed by atoms with Crippen molar-refractivity contribution in [2.75, 3.05) is 26.9 Å². The van der Waals surface area contributed by atoms with E-state index >= 15 is 0 Å². The minimum atomic E-state index is -0.743. The van der Waals surface area contributed by atoms with Crippen LogP contribution >= 0.6 is 0 Å². The number of hydrogen-bond acceptors (Lipinski definition) is 8. The molecule has 11 heteroatoms. The fraction of sp³-hybridized carbons (Fsp3) is 0.682. The second-order valence-corrected chi connectivity index (χ2v) is 8.63. The number of aromatic nitrogens is 1. The number of rotatable bonds is 13. The molecule has 0 bridgehead atoms. The first-order valence-corrected chi connectivity index (χ1v) is 10.9. The van der Waals surface area contributed by atoms with Gasteiger partial charge in [-0.3, -0.25) is 19.2 Å². The Hall–Kier alpha value is -2.79. The highest BCUT2D eigenvalue weighted by Crippen LogP contribution is 2.29. The first-order valence-electron chi connectivity index (χ1n) is 10.9. The Kier molecular flexibility index (Phi) is 11.7. The monoisotopic (exact) mass is 468 g/mol. The van der Waals surface area contributed by atoms with Gasteiger partial charge in [-0.25, -0.2) is 0 Å². The number of amides is 3. The molecule has 11 nitrogen and oxygen atoms in total. The zero-order valence-corrected chi connectivity index (χ0v) is 20.2. The van der Waals surface area contributed by atoms with E-state index in [9.17, 15) is 19.2 Å². The van der Waals surface area contributed by atoms with E-state index in [0.29, 0.717) is 43.4 Å². The van der Waals surface area contributed by atoms with Crippen LogP contribution in [0.5, 0.6) is 0 Å². The highest BCUT2D eigenvalue weighted by molar-refractivity contribution is 5.96. The minimum Gasteiger partial charge on any atom is -0.383 e. The molecule has 2 heterocycles. The number of nitrogens with one attached hydrogen (secondary N) is 3. The van der Waals surface area contributed by atoms with Crippen LogP contribution in [0.1, 0.15) is 56.8 Å². The highest BCUT2D eigenvalue weighted by Gasteiger charge is 2.49. The largest absolute Gasteiger partial charge is 0.383 e. The zero-order valence-electron chi connectivity index (χ0n) is 20.2. The second kappa shape index (κ2) is 13.7. The fourth-order valence-electron chi connectivity index (χ4n) is 2.83. The molecule has 3 atom stereocenters. The molecule has 0 saturated carbocycles. The van der Waals surface area contributed by atoms with Gasteiger partial charge in [0.2, 0.25) is 12.3 Å². The number of Topliss-reactive ketones (excluding diaryl/α,β-unsaturated/α-hetero) is 1. The predicted octanol–water partition coefficient (Wildman–Crippen LogP) is 0.759. The van der Waals surface area contributed by atoms with E-state index in [1.165, 1.54) is 0 Å². The first kappa shape index (κ1) is 28.2. The highest BCUT2D eigenvalue weighted by atomic mass is 16.6. The Morgan fingerprint density at radius 2 is 1.91 bits per heavy atom. The van der Waals surface area contributed by atoms with E-state index in [-0.39, 0.29) is 30.2 Å². The summed E-state index contributed by atoms with van der Waals surface area (Å²) in [6.45, 7) is 10.2. The second-order valence-electron chi connectivity index (χ2n) is 8.63. The number of ether oxygens (including phenoxy) is 2. The van der Waals surface area contributed by atoms with Crippen molar-refractivity contribution in [3.05, 3.63) is 17.5 Å². The summed E-state index contributed by atoms with van der Waals surface area (Å²) in [7, 11) is 1.59. The average Bonchev–Trinajstić information content (AvgIpc) is 3.35. The maximum atomic E-state index is 12.2. The number of ketones is 1. The van der Waals surface area contributed by atoms with Crippen LogP contribution in [0, 0.1) is 12.8 Å². The molecule has 0 spiro atoms. The van der Waals surface area contributed by atoms with Crippen molar-refractivity contribution in [2.24, 2.45) is 5.92 Å². The Balaban J connectivity index is 0.000000346. The molecule has 1 fully saturated rings. The van der Waals surface area contributed by atoms with Crippen molar-refractivity contribution in [3.8, 4) is 0 Å². The van der Waals surface area contributed by atoms with E-state index in [1.807, 2.05) is 6.92 Å². The summed E-state index contributed by atoms with van der Waals surface area (Å²) in [5.74, 6) is 0.375. The number of epoxide rings is 1. The SMILES string of the molecule is CC(C)CC[C@H](NC(=O)CNC=O)C(=O)C1(C)CO1.COC[C@@H](C)NC(=O)c1cc(C)on1. The van der Waals surface area contributed by atoms with Gasteiger partial charge >= 0.3 is 0 Å². The number of carbonyl (C=O) groups is 4. The molecule has 3 amide bonds. The summed E-state index contributed by atoms with van der Waals surface area (Å²) in [5, 5.41) is 11.3. The third kappa shape index (κ3) is 10.6. The lowest BCUT2D eigenvalue weighted by atomic mass is 9.94. The maximum Gasteiger partial charge on any atom is 0.273 e. The molecule has 33 heavy (non-hydrogen) atoms. The first-order chi connectivity index (χ1) is 15.5. The van der Waals surface area contributed by atoms with Gasteiger partial charge in [-0.2, -0.15) is 0 Å². The van der Waals surface area contributed by atoms with Gasteiger partial charge in [0.05, 0.1) is 25.8 Å². The Labute approximate surface area is 194 Å². The van der Waals surface area contributed by atoms with Gasteiger partial charge in [0.15, 0.2) is 11.5 Å². The molecule has 2 rings (SSSR count). The van der Waals surface area contributed by atoms with Crippen molar-refractivity contribution in [3.63, 3.8) is 0 Å². The lowest BCUT2D eigenvalue weighted by molar-refractivity contribution is -0.130. The molecule has 1 unspecified atom stereocenters. The summed E-state index contributed by atoms with van der Waals surface area (Å²) >= 11 is 0. The number of nitrogens with zero attached hydrogens (tertiary/aromatic N) is 1. The van der Waals surface area contributed by atoms with E-state index in [2.05, 4.69) is 35.0 Å². The molecular weight excluding hydrogens is 432 g/mol. The predicted molar refractivity (Wildman–Crippen MR) is 119 cm³/mol. The van der Waals surface area contributed by atoms with Gasteiger partial charge in [0, 0.05) is 19.2 Å². The molecule has 1 aliphatic heterocycles. The van der Waals surface area contributed by atoms with E-state index in [4.69, 9.17) is 14.0 Å². The van der Waals surface area contributed by atoms with Gasteiger partial charge in [0.25, 0.3) is 5.91 Å². The Morgan fingerprint density at radius 3 is 2.39 bits per heavy atom. The molecule has 1 aliphatic rings. The standard InChI is InChI=1S/C13H22N2O4.C9H14N2O3/c1-9(2)4-5-10(12(18)13(3)7-19-13)15-11(17)6-14-8-16;1-6(5-13-3)10-9(12)8-4-7(2)14-11-8/h8-10H,4-7H2,1-3H3,(H,14,16)(H,15,17);4,6H,5H2,1-3H3,(H,10,12)/t10-,13?;6-/m01/s1. The van der Waals surface area contributed by atoms with Gasteiger partial charge in [0.1, 0.15) is 11.4 Å². The van der Waals surface area contributed by atoms with E-state index in [0.717, 1.165) is 6.42 Å². The lowest BCUT2D eigenvalue weighted by Crippen LogP contribution is -2.48. The normalized spacial score (nSPS) is 18.4. The smallest absolute Gasteiger partial charge is 0.273 e. The van der Waals surface area contributed by atoms with E-state index in [1.54, 1.807) is 27.0 Å². The van der Waals surface area contributed by atoms with Crippen molar-refractivity contribution in [1.29, 1.82) is 0 Å². The molecule has 1 aromatic rings. The van der Waals surface area contributed by atoms with Crippen molar-refractivity contribution >= 4 is 24.0 Å². The number of aryl methyl sites for hydroxylation is 1. The summed E-state index contributed by atoms with van der Waals surface area (Å²) in [6.07, 6.45) is 1.88. The maximum absolute atomic E-state index is 12.2. The molecular formula is C22H36N4O7. The molecule has 3 N–H and O–H groups in total. The summed E-state index contributed by atoms with van der Waals surface area (Å²) in [4.78, 5) is 45.4. The van der Waals surface area contributed by atoms with Gasteiger partial charge in [-0.05, 0) is 39.5 Å². The van der Waals surface area contributed by atoms with Gasteiger partial charge in [-0.15, -0.1) is 0 Å². The van der Waals surface area contributed by atoms with Gasteiger partial charge < -0.3 is 29.9 Å². The van der Waals surface area contributed by atoms with Gasteiger partial charge in [-0.1, -0.05) is 19.0 Å². The lowest BCUT2D eigenvalue weighted by Gasteiger charge is -2.20.